The zero-order valence-electron chi connectivity index (χ0n) is 28.4. The SMILES string of the molecule is c1ccc(-c2cc(-c3ccccc3)cc(-c3cccc(-c4cccc(-c5nc(-c6cc(-c7ccccc7)ccn6)c6ccccc6n5)c4)c3)c2)cc1. The normalized spacial score (nSPS) is 11.1. The summed E-state index contributed by atoms with van der Waals surface area (Å²) < 4.78 is 0. The van der Waals surface area contributed by atoms with Gasteiger partial charge in [0.25, 0.3) is 0 Å². The Morgan fingerprint density at radius 3 is 1.33 bits per heavy atom. The molecule has 9 rings (SSSR count). The van der Waals surface area contributed by atoms with Crippen LogP contribution in [0.4, 0.5) is 0 Å². The Balaban J connectivity index is 1.12. The van der Waals surface area contributed by atoms with E-state index in [-0.39, 0.29) is 0 Å². The maximum absolute atomic E-state index is 5.18. The van der Waals surface area contributed by atoms with Gasteiger partial charge in [0.15, 0.2) is 5.82 Å². The molecular formula is C49H33N3. The highest BCUT2D eigenvalue weighted by Gasteiger charge is 2.15. The molecule has 3 nitrogen and oxygen atoms in total. The predicted molar refractivity (Wildman–Crippen MR) is 215 cm³/mol. The van der Waals surface area contributed by atoms with Crippen molar-refractivity contribution in [2.45, 2.75) is 0 Å². The standard InChI is InChI=1S/C49H33N3/c1-4-14-34(15-5-1)40-26-27-50-47(33-40)48-45-24-10-11-25-46(45)51-49(52-48)41-23-13-21-38(29-41)37-20-12-22-39(28-37)44-31-42(35-16-6-2-7-17-35)30-43(32-44)36-18-8-3-9-19-36/h1-33H. The second-order valence-electron chi connectivity index (χ2n) is 12.9. The summed E-state index contributed by atoms with van der Waals surface area (Å²) in [7, 11) is 0. The van der Waals surface area contributed by atoms with Crippen LogP contribution < -0.4 is 0 Å². The zero-order chi connectivity index (χ0) is 34.7. The van der Waals surface area contributed by atoms with Gasteiger partial charge in [0.1, 0.15) is 5.69 Å². The highest BCUT2D eigenvalue weighted by Crippen LogP contribution is 2.36. The summed E-state index contributed by atoms with van der Waals surface area (Å²) in [5.41, 5.74) is 15.0. The largest absolute Gasteiger partial charge is 0.255 e. The smallest absolute Gasteiger partial charge is 0.160 e. The Morgan fingerprint density at radius 1 is 0.288 bits per heavy atom. The first-order chi connectivity index (χ1) is 25.7. The fourth-order valence-electron chi connectivity index (χ4n) is 6.88. The molecule has 244 valence electrons. The van der Waals surface area contributed by atoms with Gasteiger partial charge in [-0.25, -0.2) is 9.97 Å². The molecule has 3 heteroatoms. The third-order valence-electron chi connectivity index (χ3n) is 9.51. The third kappa shape index (κ3) is 6.28. The van der Waals surface area contributed by atoms with Crippen LogP contribution in [0.15, 0.2) is 200 Å². The lowest BCUT2D eigenvalue weighted by molar-refractivity contribution is 1.20. The fourth-order valence-corrected chi connectivity index (χ4v) is 6.88. The van der Waals surface area contributed by atoms with E-state index in [9.17, 15) is 0 Å². The Morgan fingerprint density at radius 2 is 0.712 bits per heavy atom. The van der Waals surface area contributed by atoms with Crippen molar-refractivity contribution in [1.82, 2.24) is 15.0 Å². The molecule has 0 amide bonds. The second kappa shape index (κ2) is 13.7. The number of hydrogen-bond donors (Lipinski definition) is 0. The lowest BCUT2D eigenvalue weighted by atomic mass is 9.92. The minimum atomic E-state index is 0.668. The van der Waals surface area contributed by atoms with Crippen molar-refractivity contribution in [2.75, 3.05) is 0 Å². The van der Waals surface area contributed by atoms with Crippen LogP contribution >= 0.6 is 0 Å². The molecule has 52 heavy (non-hydrogen) atoms. The first-order valence-corrected chi connectivity index (χ1v) is 17.5. The summed E-state index contributed by atoms with van der Waals surface area (Å²) in [4.78, 5) is 15.0. The van der Waals surface area contributed by atoms with Crippen molar-refractivity contribution in [3.8, 4) is 78.4 Å². The van der Waals surface area contributed by atoms with Crippen LogP contribution in [0.5, 0.6) is 0 Å². The van der Waals surface area contributed by atoms with E-state index in [1.807, 2.05) is 36.5 Å². The lowest BCUT2D eigenvalue weighted by Gasteiger charge is -2.13. The van der Waals surface area contributed by atoms with Crippen molar-refractivity contribution in [2.24, 2.45) is 0 Å². The predicted octanol–water partition coefficient (Wildman–Crippen LogP) is 12.7. The molecule has 0 fully saturated rings. The monoisotopic (exact) mass is 663 g/mol. The average Bonchev–Trinajstić information content (AvgIpc) is 3.24. The van der Waals surface area contributed by atoms with Gasteiger partial charge in [-0.05, 0) is 104 Å². The third-order valence-corrected chi connectivity index (χ3v) is 9.51. The molecule has 0 saturated carbocycles. The maximum atomic E-state index is 5.18. The van der Waals surface area contributed by atoms with Crippen LogP contribution in [-0.2, 0) is 0 Å². The van der Waals surface area contributed by atoms with Crippen LogP contribution in [0.3, 0.4) is 0 Å². The zero-order valence-corrected chi connectivity index (χ0v) is 28.4. The molecule has 2 heterocycles. The van der Waals surface area contributed by atoms with Gasteiger partial charge in [0, 0.05) is 17.1 Å². The number of fused-ring (bicyclic) bond motifs is 1. The molecule has 0 bridgehead atoms. The van der Waals surface area contributed by atoms with Crippen molar-refractivity contribution in [3.63, 3.8) is 0 Å². The number of pyridine rings is 1. The molecule has 0 atom stereocenters. The molecule has 0 N–H and O–H groups in total. The van der Waals surface area contributed by atoms with Gasteiger partial charge in [-0.2, -0.15) is 0 Å². The van der Waals surface area contributed by atoms with Gasteiger partial charge in [0.05, 0.1) is 11.2 Å². The number of rotatable bonds is 7. The Labute approximate surface area is 303 Å². The van der Waals surface area contributed by atoms with Gasteiger partial charge in [-0.1, -0.05) is 146 Å². The Bertz CT molecular complexity index is 2610. The topological polar surface area (TPSA) is 38.7 Å². The first kappa shape index (κ1) is 31.0. The number of aromatic nitrogens is 3. The number of para-hydroxylation sites is 1. The molecule has 2 aromatic heterocycles. The van der Waals surface area contributed by atoms with Gasteiger partial charge < -0.3 is 0 Å². The van der Waals surface area contributed by atoms with Gasteiger partial charge in [-0.15, -0.1) is 0 Å². The van der Waals surface area contributed by atoms with E-state index in [2.05, 4.69) is 164 Å². The van der Waals surface area contributed by atoms with E-state index in [1.165, 1.54) is 27.8 Å². The minimum absolute atomic E-state index is 0.668. The van der Waals surface area contributed by atoms with Crippen LogP contribution in [-0.4, -0.2) is 15.0 Å². The van der Waals surface area contributed by atoms with Crippen LogP contribution in [0.1, 0.15) is 0 Å². The number of hydrogen-bond acceptors (Lipinski definition) is 3. The van der Waals surface area contributed by atoms with Crippen LogP contribution in [0, 0.1) is 0 Å². The fraction of sp³-hybridized carbons (Fsp3) is 0. The Hall–Kier alpha value is -6.97. The molecule has 0 aliphatic rings. The molecule has 9 aromatic rings. The number of nitrogens with zero attached hydrogens (tertiary/aromatic N) is 3. The molecule has 0 radical (unpaired) electrons. The molecule has 0 unspecified atom stereocenters. The van der Waals surface area contributed by atoms with E-state index in [4.69, 9.17) is 15.0 Å². The van der Waals surface area contributed by atoms with Crippen LogP contribution in [0.25, 0.3) is 89.3 Å². The van der Waals surface area contributed by atoms with E-state index in [1.54, 1.807) is 0 Å². The summed E-state index contributed by atoms with van der Waals surface area (Å²) in [5, 5.41) is 0.973. The molecule has 0 aliphatic carbocycles. The lowest BCUT2D eigenvalue weighted by Crippen LogP contribution is -1.97. The van der Waals surface area contributed by atoms with E-state index >= 15 is 0 Å². The summed E-state index contributed by atoms with van der Waals surface area (Å²) in [5.74, 6) is 0.668. The molecule has 0 spiro atoms. The summed E-state index contributed by atoms with van der Waals surface area (Å²) in [6.45, 7) is 0. The quantitative estimate of drug-likeness (QED) is 0.170. The minimum Gasteiger partial charge on any atom is -0.255 e. The summed E-state index contributed by atoms with van der Waals surface area (Å²) >= 11 is 0. The van der Waals surface area contributed by atoms with Gasteiger partial charge in [-0.3, -0.25) is 4.98 Å². The first-order valence-electron chi connectivity index (χ1n) is 17.5. The van der Waals surface area contributed by atoms with E-state index in [0.717, 1.165) is 55.7 Å². The van der Waals surface area contributed by atoms with Crippen molar-refractivity contribution >= 4 is 10.9 Å². The molecule has 0 saturated heterocycles. The van der Waals surface area contributed by atoms with E-state index < -0.39 is 0 Å². The van der Waals surface area contributed by atoms with Crippen molar-refractivity contribution in [3.05, 3.63) is 200 Å². The molecule has 7 aromatic carbocycles. The van der Waals surface area contributed by atoms with E-state index in [0.29, 0.717) is 5.82 Å². The van der Waals surface area contributed by atoms with Gasteiger partial charge >= 0.3 is 0 Å². The Kier molecular flexibility index (Phi) is 8.20. The van der Waals surface area contributed by atoms with Gasteiger partial charge in [0.2, 0.25) is 0 Å². The number of benzene rings is 7. The summed E-state index contributed by atoms with van der Waals surface area (Å²) in [6, 6.07) is 68.1. The van der Waals surface area contributed by atoms with Crippen molar-refractivity contribution < 1.29 is 0 Å². The average molecular weight is 664 g/mol. The molecule has 0 aliphatic heterocycles. The maximum Gasteiger partial charge on any atom is 0.160 e. The highest BCUT2D eigenvalue weighted by atomic mass is 14.9. The van der Waals surface area contributed by atoms with Crippen molar-refractivity contribution in [1.29, 1.82) is 0 Å². The highest BCUT2D eigenvalue weighted by molar-refractivity contribution is 5.93. The molecular weight excluding hydrogens is 631 g/mol. The van der Waals surface area contributed by atoms with Crippen LogP contribution in [0.2, 0.25) is 0 Å². The summed E-state index contributed by atoms with van der Waals surface area (Å²) in [6.07, 6.45) is 1.86. The second-order valence-corrected chi connectivity index (χ2v) is 12.9.